The zero-order chi connectivity index (χ0) is 22.2. The summed E-state index contributed by atoms with van der Waals surface area (Å²) in [5, 5.41) is 6.81. The lowest BCUT2D eigenvalue weighted by atomic mass is 10.0. The van der Waals surface area contributed by atoms with Gasteiger partial charge in [0, 0.05) is 18.9 Å². The monoisotopic (exact) mass is 439 g/mol. The van der Waals surface area contributed by atoms with E-state index < -0.39 is 6.04 Å². The van der Waals surface area contributed by atoms with Crippen LogP contribution in [0.15, 0.2) is 60.9 Å². The van der Waals surface area contributed by atoms with Crippen molar-refractivity contribution in [3.8, 4) is 11.5 Å². The summed E-state index contributed by atoms with van der Waals surface area (Å²) in [4.78, 5) is 17.3. The minimum Gasteiger partial charge on any atom is -0.496 e. The third-order valence-electron chi connectivity index (χ3n) is 4.90. The Bertz CT molecular complexity index is 1010. The van der Waals surface area contributed by atoms with Crippen LogP contribution in [0.5, 0.6) is 11.5 Å². The molecular formula is C24H26ClN3O3. The maximum atomic E-state index is 13.3. The number of halogens is 1. The Labute approximate surface area is 187 Å². The molecule has 0 aliphatic heterocycles. The van der Waals surface area contributed by atoms with Gasteiger partial charge in [-0.25, -0.2) is 0 Å². The molecule has 0 bridgehead atoms. The van der Waals surface area contributed by atoms with E-state index in [4.69, 9.17) is 21.1 Å². The number of aryl methyl sites for hydroxylation is 1. The lowest BCUT2D eigenvalue weighted by Gasteiger charge is -2.24. The fraction of sp³-hybridized carbons (Fsp3) is 0.250. The molecule has 6 nitrogen and oxygen atoms in total. The second-order valence-corrected chi connectivity index (χ2v) is 7.44. The average Bonchev–Trinajstić information content (AvgIpc) is 2.78. The molecule has 3 rings (SSSR count). The Hall–Kier alpha value is -3.25. The molecular weight excluding hydrogens is 414 g/mol. The van der Waals surface area contributed by atoms with Crippen LogP contribution < -0.4 is 20.1 Å². The molecule has 31 heavy (non-hydrogen) atoms. The number of carbonyl (C=O) groups excluding carboxylic acids is 1. The van der Waals surface area contributed by atoms with Crippen LogP contribution in [0.1, 0.15) is 22.7 Å². The molecule has 2 aromatic carbocycles. The van der Waals surface area contributed by atoms with Crippen molar-refractivity contribution in [2.24, 2.45) is 0 Å². The number of nitrogens with zero attached hydrogens (tertiary/aromatic N) is 1. The first-order valence-corrected chi connectivity index (χ1v) is 10.3. The van der Waals surface area contributed by atoms with E-state index in [1.807, 2.05) is 43.3 Å². The number of methoxy groups -OCH3 is 2. The van der Waals surface area contributed by atoms with Crippen molar-refractivity contribution >= 4 is 23.2 Å². The number of carbonyl (C=O) groups is 1. The van der Waals surface area contributed by atoms with Gasteiger partial charge in [-0.15, -0.1) is 0 Å². The Balaban J connectivity index is 1.89. The molecule has 2 N–H and O–H groups in total. The third-order valence-corrected chi connectivity index (χ3v) is 5.22. The van der Waals surface area contributed by atoms with Crippen molar-refractivity contribution < 1.29 is 14.3 Å². The van der Waals surface area contributed by atoms with Crippen LogP contribution in [0.25, 0.3) is 0 Å². The van der Waals surface area contributed by atoms with Crippen molar-refractivity contribution in [1.82, 2.24) is 10.3 Å². The minimum atomic E-state index is -0.774. The first kappa shape index (κ1) is 22.4. The molecule has 1 aromatic heterocycles. The van der Waals surface area contributed by atoms with E-state index in [-0.39, 0.29) is 5.91 Å². The lowest BCUT2D eigenvalue weighted by molar-refractivity contribution is -0.122. The van der Waals surface area contributed by atoms with Crippen LogP contribution in [-0.2, 0) is 11.2 Å². The van der Waals surface area contributed by atoms with E-state index in [0.29, 0.717) is 40.7 Å². The summed E-state index contributed by atoms with van der Waals surface area (Å²) in [6.07, 6.45) is 4.16. The van der Waals surface area contributed by atoms with E-state index in [1.54, 1.807) is 38.7 Å². The van der Waals surface area contributed by atoms with Gasteiger partial charge < -0.3 is 20.1 Å². The molecule has 1 heterocycles. The fourth-order valence-electron chi connectivity index (χ4n) is 3.31. The number of pyridine rings is 1. The van der Waals surface area contributed by atoms with Gasteiger partial charge >= 0.3 is 0 Å². The molecule has 0 aliphatic carbocycles. The summed E-state index contributed by atoms with van der Waals surface area (Å²) in [5.41, 5.74) is 3.38. The van der Waals surface area contributed by atoms with Crippen molar-refractivity contribution in [1.29, 1.82) is 0 Å². The SMILES string of the molecule is COc1cccc(OC)c1C(Nc1ccc(C)cc1Cl)C(=O)NCCc1ccncc1. The van der Waals surface area contributed by atoms with Gasteiger partial charge in [-0.05, 0) is 60.9 Å². The van der Waals surface area contributed by atoms with E-state index in [9.17, 15) is 4.79 Å². The molecule has 3 aromatic rings. The summed E-state index contributed by atoms with van der Waals surface area (Å²) in [5.74, 6) is 0.877. The molecule has 7 heteroatoms. The Morgan fingerprint density at radius 2 is 1.74 bits per heavy atom. The predicted octanol–water partition coefficient (Wildman–Crippen LogP) is 4.57. The van der Waals surface area contributed by atoms with E-state index in [1.165, 1.54) is 0 Å². The summed E-state index contributed by atoms with van der Waals surface area (Å²) < 4.78 is 11.1. The van der Waals surface area contributed by atoms with Gasteiger partial charge in [0.05, 0.1) is 30.5 Å². The van der Waals surface area contributed by atoms with Gasteiger partial charge in [-0.2, -0.15) is 0 Å². The number of aromatic nitrogens is 1. The van der Waals surface area contributed by atoms with Gasteiger partial charge in [0.15, 0.2) is 0 Å². The number of nitrogens with one attached hydrogen (secondary N) is 2. The number of hydrogen-bond acceptors (Lipinski definition) is 5. The second-order valence-electron chi connectivity index (χ2n) is 7.03. The maximum Gasteiger partial charge on any atom is 0.247 e. The van der Waals surface area contributed by atoms with Gasteiger partial charge in [-0.3, -0.25) is 9.78 Å². The van der Waals surface area contributed by atoms with Crippen LogP contribution in [0.2, 0.25) is 5.02 Å². The smallest absolute Gasteiger partial charge is 0.247 e. The average molecular weight is 440 g/mol. The molecule has 1 unspecified atom stereocenters. The maximum absolute atomic E-state index is 13.3. The van der Waals surface area contributed by atoms with Crippen molar-refractivity contribution in [3.05, 3.63) is 82.6 Å². The molecule has 0 aliphatic rings. The zero-order valence-electron chi connectivity index (χ0n) is 17.8. The van der Waals surface area contributed by atoms with Crippen LogP contribution in [0.3, 0.4) is 0 Å². The second kappa shape index (κ2) is 10.7. The quantitative estimate of drug-likeness (QED) is 0.511. The first-order valence-electron chi connectivity index (χ1n) is 9.93. The van der Waals surface area contributed by atoms with Crippen LogP contribution in [0, 0.1) is 6.92 Å². The Morgan fingerprint density at radius 1 is 1.06 bits per heavy atom. The molecule has 1 amide bonds. The van der Waals surface area contributed by atoms with Crippen LogP contribution in [0.4, 0.5) is 5.69 Å². The normalized spacial score (nSPS) is 11.5. The molecule has 0 radical (unpaired) electrons. The lowest BCUT2D eigenvalue weighted by Crippen LogP contribution is -2.35. The Morgan fingerprint density at radius 3 is 2.35 bits per heavy atom. The number of ether oxygens (including phenoxy) is 2. The molecule has 0 saturated heterocycles. The molecule has 162 valence electrons. The van der Waals surface area contributed by atoms with E-state index >= 15 is 0 Å². The van der Waals surface area contributed by atoms with Crippen molar-refractivity contribution in [2.45, 2.75) is 19.4 Å². The zero-order valence-corrected chi connectivity index (χ0v) is 18.6. The van der Waals surface area contributed by atoms with Crippen LogP contribution in [-0.4, -0.2) is 31.7 Å². The van der Waals surface area contributed by atoms with Gasteiger partial charge in [0.25, 0.3) is 0 Å². The highest BCUT2D eigenvalue weighted by molar-refractivity contribution is 6.33. The molecule has 0 saturated carbocycles. The van der Waals surface area contributed by atoms with E-state index in [0.717, 1.165) is 11.1 Å². The number of anilines is 1. The first-order chi connectivity index (χ1) is 15.0. The highest BCUT2D eigenvalue weighted by Crippen LogP contribution is 2.37. The van der Waals surface area contributed by atoms with Crippen LogP contribution >= 0.6 is 11.6 Å². The summed E-state index contributed by atoms with van der Waals surface area (Å²) in [6.45, 7) is 2.43. The number of benzene rings is 2. The molecule has 0 spiro atoms. The van der Waals surface area contributed by atoms with E-state index in [2.05, 4.69) is 15.6 Å². The number of amides is 1. The summed E-state index contributed by atoms with van der Waals surface area (Å²) in [7, 11) is 3.13. The largest absolute Gasteiger partial charge is 0.496 e. The third kappa shape index (κ3) is 5.67. The molecule has 0 fully saturated rings. The van der Waals surface area contributed by atoms with Gasteiger partial charge in [0.1, 0.15) is 17.5 Å². The van der Waals surface area contributed by atoms with Crippen molar-refractivity contribution in [3.63, 3.8) is 0 Å². The Kier molecular flexibility index (Phi) is 7.73. The highest BCUT2D eigenvalue weighted by atomic mass is 35.5. The minimum absolute atomic E-state index is 0.214. The number of hydrogen-bond donors (Lipinski definition) is 2. The summed E-state index contributed by atoms with van der Waals surface area (Å²) >= 11 is 6.43. The number of rotatable bonds is 9. The summed E-state index contributed by atoms with van der Waals surface area (Å²) in [6, 6.07) is 14.1. The fourth-order valence-corrected chi connectivity index (χ4v) is 3.60. The van der Waals surface area contributed by atoms with Gasteiger partial charge in [-0.1, -0.05) is 23.7 Å². The molecule has 1 atom stereocenters. The highest BCUT2D eigenvalue weighted by Gasteiger charge is 2.28. The van der Waals surface area contributed by atoms with Gasteiger partial charge in [0.2, 0.25) is 5.91 Å². The topological polar surface area (TPSA) is 72.5 Å². The standard InChI is InChI=1S/C24H26ClN3O3/c1-16-7-8-19(18(25)15-16)28-23(22-20(30-2)5-4-6-21(22)31-3)24(29)27-14-11-17-9-12-26-13-10-17/h4-10,12-13,15,23,28H,11,14H2,1-3H3,(H,27,29). The predicted molar refractivity (Wildman–Crippen MR) is 123 cm³/mol. The van der Waals surface area contributed by atoms with Crippen molar-refractivity contribution in [2.75, 3.05) is 26.1 Å².